The number of hydrogen-bond donors (Lipinski definition) is 2. The van der Waals surface area contributed by atoms with E-state index in [-0.39, 0.29) is 0 Å². The Labute approximate surface area is 103 Å². The lowest BCUT2D eigenvalue weighted by Gasteiger charge is -2.28. The van der Waals surface area contributed by atoms with Gasteiger partial charge < -0.3 is 15.2 Å². The SMILES string of the molecule is CC(C)c1ccc(C(O)CNC2COC2)cc1. The molecule has 1 fully saturated rings. The molecule has 0 radical (unpaired) electrons. The largest absolute Gasteiger partial charge is 0.387 e. The van der Waals surface area contributed by atoms with Crippen molar-refractivity contribution in [3.05, 3.63) is 35.4 Å². The predicted octanol–water partition coefficient (Wildman–Crippen LogP) is 1.83. The summed E-state index contributed by atoms with van der Waals surface area (Å²) in [5.74, 6) is 0.534. The smallest absolute Gasteiger partial charge is 0.0914 e. The van der Waals surface area contributed by atoms with E-state index in [2.05, 4.69) is 31.3 Å². The van der Waals surface area contributed by atoms with Gasteiger partial charge in [0.25, 0.3) is 0 Å². The molecule has 0 aromatic heterocycles. The van der Waals surface area contributed by atoms with Crippen molar-refractivity contribution in [1.82, 2.24) is 5.32 Å². The summed E-state index contributed by atoms with van der Waals surface area (Å²) in [5.41, 5.74) is 2.28. The number of nitrogens with one attached hydrogen (secondary N) is 1. The van der Waals surface area contributed by atoms with Crippen LogP contribution in [0.2, 0.25) is 0 Å². The molecule has 0 aliphatic carbocycles. The van der Waals surface area contributed by atoms with Crippen LogP contribution < -0.4 is 5.32 Å². The fraction of sp³-hybridized carbons (Fsp3) is 0.571. The van der Waals surface area contributed by atoms with E-state index in [1.165, 1.54) is 5.56 Å². The second-order valence-electron chi connectivity index (χ2n) is 4.98. The Bertz CT molecular complexity index is 344. The van der Waals surface area contributed by atoms with E-state index in [0.29, 0.717) is 18.5 Å². The summed E-state index contributed by atoms with van der Waals surface area (Å²) in [6.45, 7) is 6.46. The Morgan fingerprint density at radius 3 is 2.29 bits per heavy atom. The maximum absolute atomic E-state index is 10.0. The molecule has 1 atom stereocenters. The number of hydrogen-bond acceptors (Lipinski definition) is 3. The first-order valence-electron chi connectivity index (χ1n) is 6.26. The molecule has 2 rings (SSSR count). The van der Waals surface area contributed by atoms with Crippen molar-refractivity contribution in [3.63, 3.8) is 0 Å². The average Bonchev–Trinajstić information content (AvgIpc) is 2.27. The van der Waals surface area contributed by atoms with Gasteiger partial charge in [-0.15, -0.1) is 0 Å². The summed E-state index contributed by atoms with van der Waals surface area (Å²) in [6.07, 6.45) is -0.434. The van der Waals surface area contributed by atoms with Crippen molar-refractivity contribution in [3.8, 4) is 0 Å². The van der Waals surface area contributed by atoms with Crippen molar-refractivity contribution in [2.75, 3.05) is 19.8 Å². The second kappa shape index (κ2) is 5.63. The highest BCUT2D eigenvalue weighted by Crippen LogP contribution is 2.18. The van der Waals surface area contributed by atoms with Crippen molar-refractivity contribution >= 4 is 0 Å². The Morgan fingerprint density at radius 1 is 1.24 bits per heavy atom. The third kappa shape index (κ3) is 3.28. The highest BCUT2D eigenvalue weighted by Gasteiger charge is 2.19. The molecule has 0 bridgehead atoms. The molecular formula is C14H21NO2. The van der Waals surface area contributed by atoms with Gasteiger partial charge in [0.05, 0.1) is 25.4 Å². The maximum atomic E-state index is 10.0. The first-order chi connectivity index (χ1) is 8.16. The van der Waals surface area contributed by atoms with Crippen molar-refractivity contribution in [2.45, 2.75) is 31.9 Å². The maximum Gasteiger partial charge on any atom is 0.0914 e. The molecule has 0 saturated carbocycles. The van der Waals surface area contributed by atoms with Gasteiger partial charge in [0, 0.05) is 6.54 Å². The molecule has 94 valence electrons. The van der Waals surface area contributed by atoms with E-state index in [0.717, 1.165) is 18.8 Å². The summed E-state index contributed by atoms with van der Waals surface area (Å²) in [6, 6.07) is 8.63. The van der Waals surface area contributed by atoms with Crippen LogP contribution in [0, 0.1) is 0 Å². The van der Waals surface area contributed by atoms with Gasteiger partial charge in [-0.1, -0.05) is 38.1 Å². The van der Waals surface area contributed by atoms with Gasteiger partial charge in [0.1, 0.15) is 0 Å². The fourth-order valence-electron chi connectivity index (χ4n) is 1.85. The standard InChI is InChI=1S/C14H21NO2/c1-10(2)11-3-5-12(6-4-11)14(16)7-15-13-8-17-9-13/h3-6,10,13-16H,7-9H2,1-2H3. The molecular weight excluding hydrogens is 214 g/mol. The van der Waals surface area contributed by atoms with Crippen LogP contribution in [-0.4, -0.2) is 30.9 Å². The van der Waals surface area contributed by atoms with E-state index in [1.54, 1.807) is 0 Å². The van der Waals surface area contributed by atoms with Crippen LogP contribution in [0.3, 0.4) is 0 Å². The Hall–Kier alpha value is -0.900. The first-order valence-corrected chi connectivity index (χ1v) is 6.26. The fourth-order valence-corrected chi connectivity index (χ4v) is 1.85. The van der Waals surface area contributed by atoms with E-state index in [1.807, 2.05) is 12.1 Å². The summed E-state index contributed by atoms with van der Waals surface area (Å²) in [7, 11) is 0. The van der Waals surface area contributed by atoms with Gasteiger partial charge in [-0.05, 0) is 17.0 Å². The van der Waals surface area contributed by atoms with Crippen LogP contribution in [0.15, 0.2) is 24.3 Å². The van der Waals surface area contributed by atoms with E-state index < -0.39 is 6.10 Å². The van der Waals surface area contributed by atoms with Gasteiger partial charge in [-0.25, -0.2) is 0 Å². The van der Waals surface area contributed by atoms with Gasteiger partial charge >= 0.3 is 0 Å². The molecule has 0 spiro atoms. The predicted molar refractivity (Wildman–Crippen MR) is 68.1 cm³/mol. The van der Waals surface area contributed by atoms with E-state index in [4.69, 9.17) is 4.74 Å². The summed E-state index contributed by atoms with van der Waals surface area (Å²) < 4.78 is 5.07. The highest BCUT2D eigenvalue weighted by atomic mass is 16.5. The van der Waals surface area contributed by atoms with Crippen LogP contribution in [-0.2, 0) is 4.74 Å². The molecule has 0 amide bonds. The Kier molecular flexibility index (Phi) is 4.15. The minimum Gasteiger partial charge on any atom is -0.387 e. The Morgan fingerprint density at radius 2 is 1.82 bits per heavy atom. The molecule has 3 nitrogen and oxygen atoms in total. The monoisotopic (exact) mass is 235 g/mol. The van der Waals surface area contributed by atoms with E-state index >= 15 is 0 Å². The molecule has 1 unspecified atom stereocenters. The van der Waals surface area contributed by atoms with Crippen LogP contribution in [0.1, 0.15) is 37.0 Å². The number of ether oxygens (including phenoxy) is 1. The zero-order valence-corrected chi connectivity index (χ0v) is 10.5. The van der Waals surface area contributed by atoms with Gasteiger partial charge in [0.2, 0.25) is 0 Å². The topological polar surface area (TPSA) is 41.5 Å². The lowest BCUT2D eigenvalue weighted by Crippen LogP contribution is -2.47. The summed E-state index contributed by atoms with van der Waals surface area (Å²) in [4.78, 5) is 0. The molecule has 17 heavy (non-hydrogen) atoms. The summed E-state index contributed by atoms with van der Waals surface area (Å²) in [5, 5.41) is 13.3. The zero-order valence-electron chi connectivity index (χ0n) is 10.5. The number of rotatable bonds is 5. The van der Waals surface area contributed by atoms with Crippen LogP contribution >= 0.6 is 0 Å². The molecule has 1 aromatic rings. The Balaban J connectivity index is 1.86. The molecule has 1 saturated heterocycles. The summed E-state index contributed by atoms with van der Waals surface area (Å²) >= 11 is 0. The van der Waals surface area contributed by atoms with Crippen LogP contribution in [0.5, 0.6) is 0 Å². The second-order valence-corrected chi connectivity index (χ2v) is 4.98. The van der Waals surface area contributed by atoms with Crippen molar-refractivity contribution < 1.29 is 9.84 Å². The zero-order chi connectivity index (χ0) is 12.3. The lowest BCUT2D eigenvalue weighted by molar-refractivity contribution is -0.00981. The van der Waals surface area contributed by atoms with Crippen LogP contribution in [0.25, 0.3) is 0 Å². The lowest BCUT2D eigenvalue weighted by atomic mass is 10.00. The van der Waals surface area contributed by atoms with Gasteiger partial charge in [-0.3, -0.25) is 0 Å². The quantitative estimate of drug-likeness (QED) is 0.818. The molecule has 3 heteroatoms. The molecule has 1 aliphatic rings. The van der Waals surface area contributed by atoms with Gasteiger partial charge in [-0.2, -0.15) is 0 Å². The third-order valence-corrected chi connectivity index (χ3v) is 3.23. The van der Waals surface area contributed by atoms with Crippen LogP contribution in [0.4, 0.5) is 0 Å². The average molecular weight is 235 g/mol. The van der Waals surface area contributed by atoms with Gasteiger partial charge in [0.15, 0.2) is 0 Å². The molecule has 1 aromatic carbocycles. The highest BCUT2D eigenvalue weighted by molar-refractivity contribution is 5.26. The van der Waals surface area contributed by atoms with E-state index in [9.17, 15) is 5.11 Å². The number of aliphatic hydroxyl groups is 1. The number of benzene rings is 1. The van der Waals surface area contributed by atoms with Crippen molar-refractivity contribution in [1.29, 1.82) is 0 Å². The van der Waals surface area contributed by atoms with Crippen molar-refractivity contribution in [2.24, 2.45) is 0 Å². The third-order valence-electron chi connectivity index (χ3n) is 3.23. The minimum atomic E-state index is -0.434. The minimum absolute atomic E-state index is 0.416. The molecule has 1 heterocycles. The molecule has 1 aliphatic heterocycles. The normalized spacial score (nSPS) is 18.1. The first kappa shape index (κ1) is 12.6. The molecule has 2 N–H and O–H groups in total. The number of aliphatic hydroxyl groups excluding tert-OH is 1.